The fraction of sp³-hybridized carbons (Fsp3) is 0.133. The maximum Gasteiger partial charge on any atom is 0.335 e. The van der Waals surface area contributed by atoms with Gasteiger partial charge in [-0.05, 0) is 48.4 Å². The van der Waals surface area contributed by atoms with Crippen LogP contribution in [0.3, 0.4) is 0 Å². The molecule has 0 saturated carbocycles. The number of rotatable bonds is 3. The van der Waals surface area contributed by atoms with Gasteiger partial charge in [-0.25, -0.2) is 4.79 Å². The monoisotopic (exact) mass is 276 g/mol. The fourth-order valence-electron chi connectivity index (χ4n) is 1.94. The summed E-state index contributed by atoms with van der Waals surface area (Å²) in [6, 6.07) is 10.4. The molecule has 19 heavy (non-hydrogen) atoms. The van der Waals surface area contributed by atoms with Gasteiger partial charge in [0.1, 0.15) is 5.75 Å². The zero-order chi connectivity index (χ0) is 14.0. The Morgan fingerprint density at radius 3 is 2.47 bits per heavy atom. The lowest BCUT2D eigenvalue weighted by molar-refractivity contribution is 0.0697. The lowest BCUT2D eigenvalue weighted by atomic mass is 9.98. The lowest BCUT2D eigenvalue weighted by Gasteiger charge is -2.10. The molecule has 0 aromatic heterocycles. The molecule has 0 bridgehead atoms. The normalized spacial score (nSPS) is 10.3. The predicted octanol–water partition coefficient (Wildman–Crippen LogP) is 4.02. The van der Waals surface area contributed by atoms with Crippen molar-refractivity contribution in [1.82, 2.24) is 0 Å². The Hall–Kier alpha value is -2.00. The molecule has 0 heterocycles. The minimum absolute atomic E-state index is 0.264. The van der Waals surface area contributed by atoms with E-state index in [9.17, 15) is 4.79 Å². The van der Waals surface area contributed by atoms with E-state index >= 15 is 0 Å². The number of aromatic carboxylic acids is 1. The van der Waals surface area contributed by atoms with Crippen LogP contribution >= 0.6 is 11.6 Å². The number of carbonyl (C=O) groups is 1. The van der Waals surface area contributed by atoms with Crippen LogP contribution in [0.4, 0.5) is 0 Å². The van der Waals surface area contributed by atoms with E-state index in [1.807, 2.05) is 13.0 Å². The minimum Gasteiger partial charge on any atom is -0.497 e. The van der Waals surface area contributed by atoms with Gasteiger partial charge in [-0.2, -0.15) is 0 Å². The van der Waals surface area contributed by atoms with E-state index < -0.39 is 5.97 Å². The standard InChI is InChI=1S/C15H13ClO3/c1-9-7-10(15(17)18)3-5-12(9)13-8-11(19-2)4-6-14(13)16/h3-8H,1-2H3,(H,17,18). The first kappa shape index (κ1) is 13.4. The average molecular weight is 277 g/mol. The molecular formula is C15H13ClO3. The molecule has 0 saturated heterocycles. The fourth-order valence-corrected chi connectivity index (χ4v) is 2.16. The Balaban J connectivity index is 2.56. The van der Waals surface area contributed by atoms with E-state index in [0.717, 1.165) is 16.7 Å². The molecule has 3 nitrogen and oxygen atoms in total. The van der Waals surface area contributed by atoms with Crippen LogP contribution in [0.1, 0.15) is 15.9 Å². The zero-order valence-electron chi connectivity index (χ0n) is 10.6. The second-order valence-electron chi connectivity index (χ2n) is 4.18. The number of hydrogen-bond acceptors (Lipinski definition) is 2. The van der Waals surface area contributed by atoms with Crippen LogP contribution < -0.4 is 4.74 Å². The third-order valence-corrected chi connectivity index (χ3v) is 3.27. The molecule has 0 spiro atoms. The van der Waals surface area contributed by atoms with Gasteiger partial charge in [-0.3, -0.25) is 0 Å². The van der Waals surface area contributed by atoms with E-state index in [4.69, 9.17) is 21.4 Å². The summed E-state index contributed by atoms with van der Waals surface area (Å²) in [6.07, 6.45) is 0. The maximum absolute atomic E-state index is 10.9. The number of ether oxygens (including phenoxy) is 1. The average Bonchev–Trinajstić information content (AvgIpc) is 2.39. The van der Waals surface area contributed by atoms with Crippen molar-refractivity contribution in [2.24, 2.45) is 0 Å². The number of halogens is 1. The Labute approximate surface area is 116 Å². The van der Waals surface area contributed by atoms with Crippen LogP contribution in [-0.2, 0) is 0 Å². The highest BCUT2D eigenvalue weighted by Gasteiger charge is 2.10. The van der Waals surface area contributed by atoms with Crippen LogP contribution in [0, 0.1) is 6.92 Å². The van der Waals surface area contributed by atoms with Crippen LogP contribution in [-0.4, -0.2) is 18.2 Å². The second-order valence-corrected chi connectivity index (χ2v) is 4.59. The highest BCUT2D eigenvalue weighted by atomic mass is 35.5. The van der Waals surface area contributed by atoms with Crippen molar-refractivity contribution in [2.45, 2.75) is 6.92 Å². The maximum atomic E-state index is 10.9. The summed E-state index contributed by atoms with van der Waals surface area (Å²) in [4.78, 5) is 10.9. The summed E-state index contributed by atoms with van der Waals surface area (Å²) in [5.41, 5.74) is 2.85. The van der Waals surface area contributed by atoms with Crippen LogP contribution in [0.5, 0.6) is 5.75 Å². The molecular weight excluding hydrogens is 264 g/mol. The topological polar surface area (TPSA) is 46.5 Å². The summed E-state index contributed by atoms with van der Waals surface area (Å²) < 4.78 is 5.18. The lowest BCUT2D eigenvalue weighted by Crippen LogP contribution is -1.97. The van der Waals surface area contributed by atoms with Crippen molar-refractivity contribution in [3.05, 3.63) is 52.5 Å². The SMILES string of the molecule is COc1ccc(Cl)c(-c2ccc(C(=O)O)cc2C)c1. The molecule has 2 aromatic rings. The summed E-state index contributed by atoms with van der Waals surface area (Å²) >= 11 is 6.19. The van der Waals surface area contributed by atoms with Crippen LogP contribution in [0.2, 0.25) is 5.02 Å². The van der Waals surface area contributed by atoms with Gasteiger partial charge in [0.05, 0.1) is 12.7 Å². The number of aryl methyl sites for hydroxylation is 1. The largest absolute Gasteiger partial charge is 0.497 e. The van der Waals surface area contributed by atoms with Gasteiger partial charge in [0.25, 0.3) is 0 Å². The van der Waals surface area contributed by atoms with E-state index in [2.05, 4.69) is 0 Å². The first-order valence-electron chi connectivity index (χ1n) is 5.71. The van der Waals surface area contributed by atoms with Gasteiger partial charge in [0.15, 0.2) is 0 Å². The van der Waals surface area contributed by atoms with Gasteiger partial charge >= 0.3 is 5.97 Å². The Bertz CT molecular complexity index is 635. The summed E-state index contributed by atoms with van der Waals surface area (Å²) in [5, 5.41) is 9.57. The van der Waals surface area contributed by atoms with E-state index in [-0.39, 0.29) is 5.56 Å². The van der Waals surface area contributed by atoms with Crippen molar-refractivity contribution >= 4 is 17.6 Å². The quantitative estimate of drug-likeness (QED) is 0.921. The number of carboxylic acid groups (broad SMARTS) is 1. The zero-order valence-corrected chi connectivity index (χ0v) is 11.4. The molecule has 4 heteroatoms. The molecule has 0 amide bonds. The van der Waals surface area contributed by atoms with E-state index in [1.54, 1.807) is 37.4 Å². The van der Waals surface area contributed by atoms with E-state index in [0.29, 0.717) is 10.8 Å². The van der Waals surface area contributed by atoms with Crippen molar-refractivity contribution in [1.29, 1.82) is 0 Å². The molecule has 0 radical (unpaired) electrons. The third-order valence-electron chi connectivity index (χ3n) is 2.94. The van der Waals surface area contributed by atoms with Crippen molar-refractivity contribution < 1.29 is 14.6 Å². The highest BCUT2D eigenvalue weighted by Crippen LogP contribution is 2.33. The number of methoxy groups -OCH3 is 1. The Kier molecular flexibility index (Phi) is 3.76. The molecule has 0 unspecified atom stereocenters. The van der Waals surface area contributed by atoms with Gasteiger partial charge in [-0.15, -0.1) is 0 Å². The molecule has 0 aliphatic carbocycles. The summed E-state index contributed by atoms with van der Waals surface area (Å²) in [5.74, 6) is -0.229. The number of hydrogen-bond donors (Lipinski definition) is 1. The molecule has 0 aliphatic heterocycles. The molecule has 98 valence electrons. The Morgan fingerprint density at radius 1 is 1.16 bits per heavy atom. The third kappa shape index (κ3) is 2.71. The summed E-state index contributed by atoms with van der Waals surface area (Å²) in [7, 11) is 1.59. The molecule has 0 aliphatic rings. The minimum atomic E-state index is -0.939. The highest BCUT2D eigenvalue weighted by molar-refractivity contribution is 6.33. The first-order chi connectivity index (χ1) is 9.02. The van der Waals surface area contributed by atoms with Gasteiger partial charge in [-0.1, -0.05) is 17.7 Å². The number of carboxylic acids is 1. The van der Waals surface area contributed by atoms with Crippen molar-refractivity contribution in [3.63, 3.8) is 0 Å². The first-order valence-corrected chi connectivity index (χ1v) is 6.08. The summed E-state index contributed by atoms with van der Waals surface area (Å²) in [6.45, 7) is 1.86. The van der Waals surface area contributed by atoms with Crippen LogP contribution in [0.25, 0.3) is 11.1 Å². The smallest absolute Gasteiger partial charge is 0.335 e. The molecule has 2 rings (SSSR count). The molecule has 0 fully saturated rings. The second kappa shape index (κ2) is 5.33. The van der Waals surface area contributed by atoms with Gasteiger partial charge < -0.3 is 9.84 Å². The van der Waals surface area contributed by atoms with Crippen molar-refractivity contribution in [3.8, 4) is 16.9 Å². The molecule has 2 aromatic carbocycles. The van der Waals surface area contributed by atoms with Crippen LogP contribution in [0.15, 0.2) is 36.4 Å². The predicted molar refractivity (Wildman–Crippen MR) is 75.1 cm³/mol. The number of benzene rings is 2. The van der Waals surface area contributed by atoms with E-state index in [1.165, 1.54) is 0 Å². The van der Waals surface area contributed by atoms with Gasteiger partial charge in [0.2, 0.25) is 0 Å². The Morgan fingerprint density at radius 2 is 1.89 bits per heavy atom. The van der Waals surface area contributed by atoms with Crippen molar-refractivity contribution in [2.75, 3.05) is 7.11 Å². The van der Waals surface area contributed by atoms with Gasteiger partial charge in [0, 0.05) is 10.6 Å². The molecule has 0 atom stereocenters. The molecule has 1 N–H and O–H groups in total.